The Kier molecular flexibility index (Phi) is 11.3. The Hall–Kier alpha value is -9.47. The molecule has 0 aliphatic carbocycles. The van der Waals surface area contributed by atoms with Crippen LogP contribution in [0.15, 0.2) is 237 Å². The quantitative estimate of drug-likeness (QED) is 0.0883. The van der Waals surface area contributed by atoms with E-state index in [1.807, 2.05) is 79.0 Å². The molecule has 330 valence electrons. The number of benzene rings is 7. The molecule has 0 aliphatic rings. The van der Waals surface area contributed by atoms with Gasteiger partial charge in [-0.1, -0.05) is 110 Å². The molecule has 4 heterocycles. The van der Waals surface area contributed by atoms with Gasteiger partial charge in [-0.05, 0) is 139 Å². The van der Waals surface area contributed by atoms with Gasteiger partial charge in [0.2, 0.25) is 0 Å². The first-order valence-corrected chi connectivity index (χ1v) is 22.8. The minimum atomic E-state index is 0.401. The molecule has 0 saturated heterocycles. The van der Waals surface area contributed by atoms with E-state index in [1.165, 1.54) is 11.8 Å². The largest absolute Gasteiger partial charge is 0.405 e. The minimum absolute atomic E-state index is 0.401. The molecule has 0 bridgehead atoms. The predicted molar refractivity (Wildman–Crippen MR) is 282 cm³/mol. The number of fused-ring (bicyclic) bond motifs is 3. The van der Waals surface area contributed by atoms with Crippen molar-refractivity contribution in [1.29, 1.82) is 5.41 Å². The average Bonchev–Trinajstić information content (AvgIpc) is 4.12. The van der Waals surface area contributed by atoms with Gasteiger partial charge >= 0.3 is 0 Å². The van der Waals surface area contributed by atoms with E-state index < -0.39 is 0 Å². The van der Waals surface area contributed by atoms with E-state index in [2.05, 4.69) is 153 Å². The summed E-state index contributed by atoms with van der Waals surface area (Å²) in [4.78, 5) is 20.8. The van der Waals surface area contributed by atoms with Crippen molar-refractivity contribution in [2.75, 3.05) is 0 Å². The molecule has 7 aromatic carbocycles. The van der Waals surface area contributed by atoms with E-state index in [-0.39, 0.29) is 0 Å². The van der Waals surface area contributed by atoms with Crippen molar-refractivity contribution in [2.45, 2.75) is 6.42 Å². The SMILES string of the molecule is C=C/C=C\C(=N)c1ccc(-n2c(-c3cc(-c4nc5ccccc5n4-c4ccc(C/C=C\C=C/N)cc4)cc(-c4nc5ccccc5n4-c4ccc(-c5ccccn5)cc4)c3)nc3ccccc32)cc1. The Labute approximate surface area is 399 Å². The number of aromatic nitrogens is 7. The zero-order valence-electron chi connectivity index (χ0n) is 37.6. The number of allylic oxidation sites excluding steroid dienone is 6. The number of para-hydroxylation sites is 6. The first-order chi connectivity index (χ1) is 34.0. The maximum Gasteiger partial charge on any atom is 0.145 e. The maximum absolute atomic E-state index is 8.66. The van der Waals surface area contributed by atoms with Gasteiger partial charge in [0, 0.05) is 45.5 Å². The second-order valence-electron chi connectivity index (χ2n) is 16.6. The summed E-state index contributed by atoms with van der Waals surface area (Å²) in [6.45, 7) is 3.77. The van der Waals surface area contributed by atoms with Crippen LogP contribution in [0.25, 0.3) is 95.6 Å². The zero-order valence-corrected chi connectivity index (χ0v) is 37.6. The Morgan fingerprint density at radius 3 is 1.43 bits per heavy atom. The molecule has 0 amide bonds. The molecular formula is C60H45N9. The van der Waals surface area contributed by atoms with Gasteiger partial charge in [0.05, 0.1) is 44.5 Å². The summed E-state index contributed by atoms with van der Waals surface area (Å²) in [5.41, 5.74) is 20.9. The number of hydrogen-bond donors (Lipinski definition) is 2. The van der Waals surface area contributed by atoms with Crippen molar-refractivity contribution in [2.24, 2.45) is 5.73 Å². The summed E-state index contributed by atoms with van der Waals surface area (Å²) in [5.74, 6) is 2.30. The van der Waals surface area contributed by atoms with Crippen LogP contribution in [0.2, 0.25) is 0 Å². The summed E-state index contributed by atoms with van der Waals surface area (Å²) < 4.78 is 6.67. The fourth-order valence-electron chi connectivity index (χ4n) is 8.95. The van der Waals surface area contributed by atoms with E-state index in [1.54, 1.807) is 18.2 Å². The van der Waals surface area contributed by atoms with Gasteiger partial charge in [0.15, 0.2) is 0 Å². The first-order valence-electron chi connectivity index (χ1n) is 22.8. The van der Waals surface area contributed by atoms with Crippen molar-refractivity contribution in [3.05, 3.63) is 249 Å². The summed E-state index contributed by atoms with van der Waals surface area (Å²) in [6.07, 6.45) is 15.2. The van der Waals surface area contributed by atoms with Gasteiger partial charge in [-0.15, -0.1) is 0 Å². The lowest BCUT2D eigenvalue weighted by molar-refractivity contribution is 1.08. The molecule has 0 aliphatic heterocycles. The molecule has 11 rings (SSSR count). The normalized spacial score (nSPS) is 11.8. The molecular weight excluding hydrogens is 847 g/mol. The molecule has 11 aromatic rings. The highest BCUT2D eigenvalue weighted by Gasteiger charge is 2.23. The summed E-state index contributed by atoms with van der Waals surface area (Å²) >= 11 is 0. The third kappa shape index (κ3) is 8.15. The lowest BCUT2D eigenvalue weighted by Crippen LogP contribution is -2.03. The zero-order chi connectivity index (χ0) is 46.7. The molecule has 0 spiro atoms. The highest BCUT2D eigenvalue weighted by atomic mass is 15.1. The predicted octanol–water partition coefficient (Wildman–Crippen LogP) is 13.4. The molecule has 69 heavy (non-hydrogen) atoms. The number of nitrogens with one attached hydrogen (secondary N) is 1. The molecule has 0 atom stereocenters. The number of hydrogen-bond acceptors (Lipinski definition) is 6. The van der Waals surface area contributed by atoms with E-state index in [0.717, 1.165) is 108 Å². The maximum atomic E-state index is 8.66. The molecule has 4 aromatic heterocycles. The monoisotopic (exact) mass is 891 g/mol. The third-order valence-corrected chi connectivity index (χ3v) is 12.2. The van der Waals surface area contributed by atoms with Crippen LogP contribution in [-0.2, 0) is 6.42 Å². The number of rotatable bonds is 13. The van der Waals surface area contributed by atoms with Crippen molar-refractivity contribution in [3.8, 4) is 62.5 Å². The van der Waals surface area contributed by atoms with Gasteiger partial charge in [0.25, 0.3) is 0 Å². The molecule has 0 radical (unpaired) electrons. The Bertz CT molecular complexity index is 3770. The second kappa shape index (κ2) is 18.4. The van der Waals surface area contributed by atoms with Crippen molar-refractivity contribution in [3.63, 3.8) is 0 Å². The van der Waals surface area contributed by atoms with Crippen LogP contribution in [0.3, 0.4) is 0 Å². The topological polar surface area (TPSA) is 116 Å². The Morgan fingerprint density at radius 2 is 0.971 bits per heavy atom. The molecule has 9 nitrogen and oxygen atoms in total. The number of nitrogens with zero attached hydrogens (tertiary/aromatic N) is 7. The Morgan fingerprint density at radius 1 is 0.507 bits per heavy atom. The summed E-state index contributed by atoms with van der Waals surface area (Å²) in [7, 11) is 0. The fourth-order valence-corrected chi connectivity index (χ4v) is 8.95. The van der Waals surface area contributed by atoms with Crippen LogP contribution in [-0.4, -0.2) is 39.3 Å². The standard InChI is InChI=1S/C60H45N9/c1-2-3-16-50(62)42-26-32-48(33-27-42)68-56-22-10-7-19-53(56)65-59(68)45-38-44(58-64-52-18-6-9-21-55(52)67(58)47-30-24-41(25-31-47)15-5-4-13-36-61)39-46(40-45)60-66-54-20-8-11-23-57(54)69(60)49-34-28-43(29-35-49)51-17-12-14-37-63-51/h2-14,16-40,62H,1,15,61H2/b5-4-,16-3-,36-13-,62-50?. The van der Waals surface area contributed by atoms with E-state index in [0.29, 0.717) is 5.71 Å². The summed E-state index contributed by atoms with van der Waals surface area (Å²) in [5, 5.41) is 8.66. The second-order valence-corrected chi connectivity index (χ2v) is 16.6. The highest BCUT2D eigenvalue weighted by Crippen LogP contribution is 2.39. The van der Waals surface area contributed by atoms with Crippen molar-refractivity contribution < 1.29 is 0 Å². The smallest absolute Gasteiger partial charge is 0.145 e. The van der Waals surface area contributed by atoms with Crippen molar-refractivity contribution >= 4 is 38.8 Å². The van der Waals surface area contributed by atoms with Crippen LogP contribution in [0.4, 0.5) is 0 Å². The summed E-state index contributed by atoms with van der Waals surface area (Å²) in [6, 6.07) is 62.5. The number of pyridine rings is 1. The van der Waals surface area contributed by atoms with E-state index in [4.69, 9.17) is 26.1 Å². The molecule has 9 heteroatoms. The van der Waals surface area contributed by atoms with E-state index >= 15 is 0 Å². The van der Waals surface area contributed by atoms with Crippen LogP contribution < -0.4 is 5.73 Å². The number of imidazole rings is 3. The lowest BCUT2D eigenvalue weighted by Gasteiger charge is -2.16. The molecule has 3 N–H and O–H groups in total. The first kappa shape index (κ1) is 42.2. The highest BCUT2D eigenvalue weighted by molar-refractivity contribution is 6.06. The molecule has 0 unspecified atom stereocenters. The van der Waals surface area contributed by atoms with E-state index in [9.17, 15) is 0 Å². The Balaban J connectivity index is 1.15. The van der Waals surface area contributed by atoms with Crippen LogP contribution in [0, 0.1) is 5.41 Å². The molecule has 0 fully saturated rings. The van der Waals surface area contributed by atoms with Gasteiger partial charge in [-0.2, -0.15) is 0 Å². The van der Waals surface area contributed by atoms with Gasteiger partial charge < -0.3 is 11.1 Å². The minimum Gasteiger partial charge on any atom is -0.405 e. The van der Waals surface area contributed by atoms with Gasteiger partial charge in [-0.25, -0.2) is 15.0 Å². The van der Waals surface area contributed by atoms with Crippen LogP contribution in [0.1, 0.15) is 11.1 Å². The fraction of sp³-hybridized carbons (Fsp3) is 0.0167. The van der Waals surface area contributed by atoms with Crippen LogP contribution >= 0.6 is 0 Å². The van der Waals surface area contributed by atoms with Gasteiger partial charge in [-0.3, -0.25) is 18.7 Å². The lowest BCUT2D eigenvalue weighted by atomic mass is 10.0. The molecule has 0 saturated carbocycles. The third-order valence-electron chi connectivity index (χ3n) is 12.2. The van der Waals surface area contributed by atoms with Gasteiger partial charge in [0.1, 0.15) is 17.5 Å². The average molecular weight is 892 g/mol. The number of nitrogens with two attached hydrogens (primary N) is 1. The van der Waals surface area contributed by atoms with Crippen LogP contribution in [0.5, 0.6) is 0 Å². The van der Waals surface area contributed by atoms with Crippen molar-refractivity contribution in [1.82, 2.24) is 33.6 Å².